The molecule has 98 valence electrons. The number of carbonyl (C=O) groups is 1. The summed E-state index contributed by atoms with van der Waals surface area (Å²) in [7, 11) is 0. The van der Waals surface area contributed by atoms with Crippen molar-refractivity contribution in [2.24, 2.45) is 0 Å². The number of hydrogen-bond donors (Lipinski definition) is 0. The molecular formula is C14H19BrN2O. The van der Waals surface area contributed by atoms with Gasteiger partial charge >= 0.3 is 0 Å². The predicted molar refractivity (Wildman–Crippen MR) is 75.5 cm³/mol. The third kappa shape index (κ3) is 3.10. The average molecular weight is 311 g/mol. The van der Waals surface area contributed by atoms with E-state index in [-0.39, 0.29) is 5.91 Å². The van der Waals surface area contributed by atoms with Crippen LogP contribution in [0.5, 0.6) is 0 Å². The highest BCUT2D eigenvalue weighted by molar-refractivity contribution is 9.10. The molecule has 1 aliphatic rings. The Morgan fingerprint density at radius 3 is 3.00 bits per heavy atom. The van der Waals surface area contributed by atoms with Crippen LogP contribution in [0.4, 0.5) is 0 Å². The number of nitrogens with zero attached hydrogens (tertiary/aromatic N) is 2. The summed E-state index contributed by atoms with van der Waals surface area (Å²) in [5.74, 6) is 0.123. The number of carbonyl (C=O) groups excluding carboxylic acids is 1. The van der Waals surface area contributed by atoms with Crippen LogP contribution >= 0.6 is 15.9 Å². The lowest BCUT2D eigenvalue weighted by atomic mass is 10.1. The van der Waals surface area contributed by atoms with Gasteiger partial charge in [0.1, 0.15) is 0 Å². The van der Waals surface area contributed by atoms with Crippen LogP contribution in [-0.2, 0) is 0 Å². The Labute approximate surface area is 117 Å². The summed E-state index contributed by atoms with van der Waals surface area (Å²) in [6.45, 7) is 3.04. The van der Waals surface area contributed by atoms with Crippen molar-refractivity contribution in [1.82, 2.24) is 9.88 Å². The Kier molecular flexibility index (Phi) is 4.75. The zero-order valence-corrected chi connectivity index (χ0v) is 12.3. The van der Waals surface area contributed by atoms with Gasteiger partial charge in [-0.1, -0.05) is 19.8 Å². The van der Waals surface area contributed by atoms with Crippen molar-refractivity contribution in [3.8, 4) is 0 Å². The highest BCUT2D eigenvalue weighted by Gasteiger charge is 2.25. The number of rotatable bonds is 2. The van der Waals surface area contributed by atoms with Gasteiger partial charge in [0, 0.05) is 29.5 Å². The van der Waals surface area contributed by atoms with Crippen LogP contribution in [0.3, 0.4) is 0 Å². The zero-order valence-electron chi connectivity index (χ0n) is 10.7. The lowest BCUT2D eigenvalue weighted by Gasteiger charge is -2.29. The molecule has 0 N–H and O–H groups in total. The minimum atomic E-state index is 0.123. The molecule has 1 unspecified atom stereocenters. The lowest BCUT2D eigenvalue weighted by Crippen LogP contribution is -2.39. The second-order valence-electron chi connectivity index (χ2n) is 4.80. The third-order valence-electron chi connectivity index (χ3n) is 3.56. The molecule has 0 bridgehead atoms. The minimum absolute atomic E-state index is 0.123. The van der Waals surface area contributed by atoms with Crippen LogP contribution in [0.2, 0.25) is 0 Å². The van der Waals surface area contributed by atoms with Crippen molar-refractivity contribution >= 4 is 21.8 Å². The van der Waals surface area contributed by atoms with Gasteiger partial charge in [-0.15, -0.1) is 0 Å². The molecule has 1 atom stereocenters. The van der Waals surface area contributed by atoms with E-state index < -0.39 is 0 Å². The van der Waals surface area contributed by atoms with Gasteiger partial charge in [0.2, 0.25) is 0 Å². The van der Waals surface area contributed by atoms with E-state index in [9.17, 15) is 4.79 Å². The van der Waals surface area contributed by atoms with Crippen LogP contribution in [0, 0.1) is 0 Å². The van der Waals surface area contributed by atoms with Crippen LogP contribution in [0.25, 0.3) is 0 Å². The van der Waals surface area contributed by atoms with Crippen LogP contribution in [0.15, 0.2) is 22.9 Å². The van der Waals surface area contributed by atoms with Gasteiger partial charge in [-0.2, -0.15) is 0 Å². The number of hydrogen-bond acceptors (Lipinski definition) is 2. The molecule has 1 aliphatic heterocycles. The van der Waals surface area contributed by atoms with Gasteiger partial charge in [-0.25, -0.2) is 0 Å². The first-order valence-electron chi connectivity index (χ1n) is 6.64. The molecule has 2 heterocycles. The topological polar surface area (TPSA) is 33.2 Å². The Bertz CT molecular complexity index is 422. The van der Waals surface area contributed by atoms with Crippen LogP contribution in [0.1, 0.15) is 49.4 Å². The maximum Gasteiger partial charge on any atom is 0.255 e. The molecule has 1 saturated heterocycles. The number of aromatic nitrogens is 1. The third-order valence-corrected chi connectivity index (χ3v) is 3.99. The first-order valence-corrected chi connectivity index (χ1v) is 7.43. The molecule has 2 rings (SSSR count). The summed E-state index contributed by atoms with van der Waals surface area (Å²) >= 11 is 3.37. The molecule has 1 aromatic heterocycles. The standard InChI is InChI=1S/C14H19BrN2O/c1-2-13-6-4-3-5-7-17(13)14(18)11-8-12(15)10-16-9-11/h8-10,13H,2-7H2,1H3. The van der Waals surface area contributed by atoms with E-state index in [1.54, 1.807) is 12.4 Å². The number of likely N-dealkylation sites (tertiary alicyclic amines) is 1. The predicted octanol–water partition coefficient (Wildman–Crippen LogP) is 3.64. The number of halogens is 1. The van der Waals surface area contributed by atoms with E-state index >= 15 is 0 Å². The summed E-state index contributed by atoms with van der Waals surface area (Å²) in [4.78, 5) is 18.7. The molecule has 4 heteroatoms. The van der Waals surface area contributed by atoms with Gasteiger partial charge in [0.05, 0.1) is 5.56 Å². The summed E-state index contributed by atoms with van der Waals surface area (Å²) in [6.07, 6.45) is 9.11. The molecule has 0 saturated carbocycles. The summed E-state index contributed by atoms with van der Waals surface area (Å²) in [6, 6.07) is 2.24. The quantitative estimate of drug-likeness (QED) is 0.835. The Morgan fingerprint density at radius 1 is 1.44 bits per heavy atom. The van der Waals surface area contributed by atoms with E-state index in [4.69, 9.17) is 0 Å². The van der Waals surface area contributed by atoms with Crippen molar-refractivity contribution in [3.63, 3.8) is 0 Å². The first-order chi connectivity index (χ1) is 8.72. The SMILES string of the molecule is CCC1CCCCCN1C(=O)c1cncc(Br)c1. The normalized spacial score (nSPS) is 20.6. The molecule has 0 spiro atoms. The van der Waals surface area contributed by atoms with E-state index in [0.29, 0.717) is 11.6 Å². The average Bonchev–Trinajstić information content (AvgIpc) is 2.62. The molecule has 0 aliphatic carbocycles. The molecule has 18 heavy (non-hydrogen) atoms. The smallest absolute Gasteiger partial charge is 0.255 e. The highest BCUT2D eigenvalue weighted by Crippen LogP contribution is 2.22. The zero-order chi connectivity index (χ0) is 13.0. The summed E-state index contributed by atoms with van der Waals surface area (Å²) in [5.41, 5.74) is 0.685. The Balaban J connectivity index is 2.19. The first kappa shape index (κ1) is 13.5. The second-order valence-corrected chi connectivity index (χ2v) is 5.72. The van der Waals surface area contributed by atoms with E-state index in [1.807, 2.05) is 11.0 Å². The molecule has 0 radical (unpaired) electrons. The van der Waals surface area contributed by atoms with Gasteiger partial charge in [0.25, 0.3) is 5.91 Å². The van der Waals surface area contributed by atoms with Gasteiger partial charge < -0.3 is 4.90 Å². The van der Waals surface area contributed by atoms with Crippen molar-refractivity contribution < 1.29 is 4.79 Å². The van der Waals surface area contributed by atoms with Crippen LogP contribution in [-0.4, -0.2) is 28.4 Å². The lowest BCUT2D eigenvalue weighted by molar-refractivity contribution is 0.0677. The maximum absolute atomic E-state index is 12.5. The summed E-state index contributed by atoms with van der Waals surface area (Å²) < 4.78 is 0.858. The molecular weight excluding hydrogens is 292 g/mol. The second kappa shape index (κ2) is 6.32. The largest absolute Gasteiger partial charge is 0.336 e. The minimum Gasteiger partial charge on any atom is -0.336 e. The fraction of sp³-hybridized carbons (Fsp3) is 0.571. The monoisotopic (exact) mass is 310 g/mol. The fourth-order valence-electron chi connectivity index (χ4n) is 2.56. The summed E-state index contributed by atoms with van der Waals surface area (Å²) in [5, 5.41) is 0. The maximum atomic E-state index is 12.5. The molecule has 1 amide bonds. The Hall–Kier alpha value is -0.900. The van der Waals surface area contributed by atoms with Gasteiger partial charge in [-0.3, -0.25) is 9.78 Å². The van der Waals surface area contributed by atoms with E-state index in [2.05, 4.69) is 27.8 Å². The Morgan fingerprint density at radius 2 is 2.28 bits per heavy atom. The number of amides is 1. The molecule has 1 fully saturated rings. The number of pyridine rings is 1. The van der Waals surface area contributed by atoms with Crippen molar-refractivity contribution in [2.75, 3.05) is 6.54 Å². The van der Waals surface area contributed by atoms with Gasteiger partial charge in [0.15, 0.2) is 0 Å². The van der Waals surface area contributed by atoms with Crippen LogP contribution < -0.4 is 0 Å². The van der Waals surface area contributed by atoms with Gasteiger partial charge in [-0.05, 0) is 41.3 Å². The molecule has 1 aromatic rings. The molecule has 3 nitrogen and oxygen atoms in total. The van der Waals surface area contributed by atoms with Crippen molar-refractivity contribution in [3.05, 3.63) is 28.5 Å². The van der Waals surface area contributed by atoms with Crippen molar-refractivity contribution in [1.29, 1.82) is 0 Å². The van der Waals surface area contributed by atoms with Crippen molar-refractivity contribution in [2.45, 2.75) is 45.1 Å². The van der Waals surface area contributed by atoms with E-state index in [0.717, 1.165) is 30.3 Å². The fourth-order valence-corrected chi connectivity index (χ4v) is 2.93. The highest BCUT2D eigenvalue weighted by atomic mass is 79.9. The van der Waals surface area contributed by atoms with E-state index in [1.165, 1.54) is 12.8 Å². The molecule has 0 aromatic carbocycles.